The molecule has 6 nitrogen and oxygen atoms in total. The van der Waals surface area contributed by atoms with E-state index in [1.54, 1.807) is 18.2 Å². The van der Waals surface area contributed by atoms with Crippen LogP contribution in [0.1, 0.15) is 31.7 Å². The van der Waals surface area contributed by atoms with Crippen molar-refractivity contribution in [2.45, 2.75) is 43.6 Å². The van der Waals surface area contributed by atoms with E-state index in [4.69, 9.17) is 0 Å². The van der Waals surface area contributed by atoms with Gasteiger partial charge in [0.2, 0.25) is 0 Å². The average Bonchev–Trinajstić information content (AvgIpc) is 2.87. The molecular weight excluding hydrogens is 598 g/mol. The van der Waals surface area contributed by atoms with Crippen LogP contribution in [0.5, 0.6) is 11.5 Å². The molecule has 0 fully saturated rings. The molecule has 0 N–H and O–H groups in total. The van der Waals surface area contributed by atoms with Crippen LogP contribution in [0.4, 0.5) is 26.3 Å². The fourth-order valence-corrected chi connectivity index (χ4v) is 5.27. The van der Waals surface area contributed by atoms with E-state index in [0.717, 1.165) is 37.0 Å². The van der Waals surface area contributed by atoms with E-state index in [2.05, 4.69) is 8.37 Å². The van der Waals surface area contributed by atoms with Gasteiger partial charge in [-0.3, -0.25) is 0 Å². The predicted octanol–water partition coefficient (Wildman–Crippen LogP) is 7.85. The maximum absolute atomic E-state index is 13.3. The van der Waals surface area contributed by atoms with Gasteiger partial charge in [-0.25, -0.2) is 0 Å². The zero-order valence-electron chi connectivity index (χ0n) is 21.2. The molecule has 0 aliphatic carbocycles. The van der Waals surface area contributed by atoms with Crippen molar-refractivity contribution < 1.29 is 51.5 Å². The van der Waals surface area contributed by atoms with Crippen molar-refractivity contribution in [3.8, 4) is 22.6 Å². The van der Waals surface area contributed by atoms with Gasteiger partial charge in [0.15, 0.2) is 11.5 Å². The second-order valence-corrected chi connectivity index (χ2v) is 12.2. The third-order valence-corrected chi connectivity index (χ3v) is 8.15. The van der Waals surface area contributed by atoms with Crippen molar-refractivity contribution in [1.29, 1.82) is 0 Å². The zero-order chi connectivity index (χ0) is 30.2. The van der Waals surface area contributed by atoms with Crippen LogP contribution in [0.25, 0.3) is 32.7 Å². The number of aryl methyl sites for hydroxylation is 1. The van der Waals surface area contributed by atoms with Crippen molar-refractivity contribution in [3.63, 3.8) is 0 Å². The Labute approximate surface area is 231 Å². The van der Waals surface area contributed by atoms with Crippen molar-refractivity contribution in [1.82, 2.24) is 0 Å². The van der Waals surface area contributed by atoms with Crippen LogP contribution in [-0.2, 0) is 26.7 Å². The van der Waals surface area contributed by atoms with Crippen molar-refractivity contribution in [2.75, 3.05) is 0 Å². The third kappa shape index (κ3) is 6.22. The second-order valence-electron chi connectivity index (χ2n) is 9.08. The summed E-state index contributed by atoms with van der Waals surface area (Å²) in [5, 5.41) is 0.890. The molecule has 0 radical (unpaired) electrons. The fourth-order valence-electron chi connectivity index (χ4n) is 4.33. The molecule has 0 heterocycles. The summed E-state index contributed by atoms with van der Waals surface area (Å²) >= 11 is 0. The number of fused-ring (bicyclic) bond motifs is 2. The van der Waals surface area contributed by atoms with Gasteiger partial charge >= 0.3 is 31.3 Å². The molecule has 0 unspecified atom stereocenters. The first-order chi connectivity index (χ1) is 19.1. The molecule has 4 aromatic carbocycles. The SMILES string of the molecule is CCCCCc1ccc2c(-c3c(OS(=O)(=O)C(F)(F)F)ccc4ccccc34)c(OS(=O)(=O)C(F)(F)F)ccc2c1. The summed E-state index contributed by atoms with van der Waals surface area (Å²) in [6.45, 7) is 2.02. The van der Waals surface area contributed by atoms with E-state index in [0.29, 0.717) is 17.2 Å². The Hall–Kier alpha value is -3.52. The van der Waals surface area contributed by atoms with Crippen molar-refractivity contribution >= 4 is 41.8 Å². The maximum Gasteiger partial charge on any atom is 0.534 e. The van der Waals surface area contributed by atoms with E-state index in [-0.39, 0.29) is 10.8 Å². The summed E-state index contributed by atoms with van der Waals surface area (Å²) in [5.41, 5.74) is -11.6. The van der Waals surface area contributed by atoms with Gasteiger partial charge in [0.25, 0.3) is 0 Å². The maximum atomic E-state index is 13.3. The zero-order valence-corrected chi connectivity index (χ0v) is 22.8. The summed E-state index contributed by atoms with van der Waals surface area (Å²) in [4.78, 5) is 0. The van der Waals surface area contributed by atoms with Gasteiger partial charge in [0, 0.05) is 11.1 Å². The highest BCUT2D eigenvalue weighted by Gasteiger charge is 2.50. The minimum Gasteiger partial charge on any atom is -0.375 e. The molecule has 0 atom stereocenters. The van der Waals surface area contributed by atoms with Gasteiger partial charge in [-0.1, -0.05) is 74.4 Å². The van der Waals surface area contributed by atoms with Crippen LogP contribution in [0, 0.1) is 0 Å². The van der Waals surface area contributed by atoms with E-state index in [1.807, 2.05) is 6.92 Å². The Morgan fingerprint density at radius 2 is 1.15 bits per heavy atom. The summed E-state index contributed by atoms with van der Waals surface area (Å²) in [5.74, 6) is -1.78. The lowest BCUT2D eigenvalue weighted by Gasteiger charge is -2.20. The monoisotopic (exact) mass is 620 g/mol. The highest BCUT2D eigenvalue weighted by Crippen LogP contribution is 2.47. The Morgan fingerprint density at radius 3 is 1.68 bits per heavy atom. The van der Waals surface area contributed by atoms with Crippen molar-refractivity contribution in [2.24, 2.45) is 0 Å². The van der Waals surface area contributed by atoms with Crippen LogP contribution >= 0.6 is 0 Å². The van der Waals surface area contributed by atoms with E-state index in [1.165, 1.54) is 36.4 Å². The minimum atomic E-state index is -6.24. The largest absolute Gasteiger partial charge is 0.534 e. The van der Waals surface area contributed by atoms with Crippen molar-refractivity contribution in [3.05, 3.63) is 72.3 Å². The third-order valence-electron chi connectivity index (χ3n) is 6.22. The number of alkyl halides is 6. The van der Waals surface area contributed by atoms with Gasteiger partial charge in [-0.2, -0.15) is 43.2 Å². The molecule has 4 rings (SSSR count). The highest BCUT2D eigenvalue weighted by atomic mass is 32.2. The predicted molar refractivity (Wildman–Crippen MR) is 141 cm³/mol. The summed E-state index contributed by atoms with van der Waals surface area (Å²) in [6.07, 6.45) is 3.40. The Bertz CT molecular complexity index is 1810. The van der Waals surface area contributed by atoms with Crippen LogP contribution in [-0.4, -0.2) is 27.9 Å². The first-order valence-electron chi connectivity index (χ1n) is 12.1. The van der Waals surface area contributed by atoms with Crippen LogP contribution in [0.15, 0.2) is 66.7 Å². The van der Waals surface area contributed by atoms with E-state index >= 15 is 0 Å². The lowest BCUT2D eigenvalue weighted by molar-refractivity contribution is -0.0505. The molecule has 4 aromatic rings. The van der Waals surface area contributed by atoms with Gasteiger partial charge in [-0.05, 0) is 52.1 Å². The second kappa shape index (κ2) is 11.0. The summed E-state index contributed by atoms with van der Waals surface area (Å²) in [6, 6.07) is 15.1. The van der Waals surface area contributed by atoms with Crippen LogP contribution in [0.3, 0.4) is 0 Å². The van der Waals surface area contributed by atoms with Gasteiger partial charge < -0.3 is 8.37 Å². The van der Waals surface area contributed by atoms with E-state index in [9.17, 15) is 43.2 Å². The molecule has 220 valence electrons. The molecule has 0 bridgehead atoms. The molecule has 0 spiro atoms. The lowest BCUT2D eigenvalue weighted by Crippen LogP contribution is -2.28. The number of halogens is 6. The Balaban J connectivity index is 2.08. The van der Waals surface area contributed by atoms with Crippen LogP contribution in [0.2, 0.25) is 0 Å². The number of hydrogen-bond acceptors (Lipinski definition) is 6. The average molecular weight is 621 g/mol. The first kappa shape index (κ1) is 30.4. The number of hydrogen-bond donors (Lipinski definition) is 0. The molecule has 0 aromatic heterocycles. The smallest absolute Gasteiger partial charge is 0.375 e. The quantitative estimate of drug-likeness (QED) is 0.0820. The van der Waals surface area contributed by atoms with E-state index < -0.39 is 53.9 Å². The fraction of sp³-hybridized carbons (Fsp3) is 0.259. The highest BCUT2D eigenvalue weighted by molar-refractivity contribution is 7.88. The number of rotatable bonds is 9. The number of unbranched alkanes of at least 4 members (excludes halogenated alkanes) is 2. The molecular formula is C27H22F6O6S2. The molecule has 41 heavy (non-hydrogen) atoms. The number of benzene rings is 4. The van der Waals surface area contributed by atoms with Crippen LogP contribution < -0.4 is 8.37 Å². The van der Waals surface area contributed by atoms with Gasteiger partial charge in [-0.15, -0.1) is 0 Å². The molecule has 0 aliphatic rings. The summed E-state index contributed by atoms with van der Waals surface area (Å²) < 4.78 is 137. The normalized spacial score (nSPS) is 13.0. The molecule has 14 heteroatoms. The lowest BCUT2D eigenvalue weighted by atomic mass is 9.91. The first-order valence-corrected chi connectivity index (χ1v) is 15.0. The Kier molecular flexibility index (Phi) is 8.20. The molecule has 0 aliphatic heterocycles. The summed E-state index contributed by atoms with van der Waals surface area (Å²) in [7, 11) is -12.5. The Morgan fingerprint density at radius 1 is 0.634 bits per heavy atom. The molecule has 0 amide bonds. The molecule has 0 saturated heterocycles. The van der Waals surface area contributed by atoms with Gasteiger partial charge in [0.1, 0.15) is 0 Å². The topological polar surface area (TPSA) is 86.7 Å². The minimum absolute atomic E-state index is 0.0659. The molecule has 0 saturated carbocycles. The van der Waals surface area contributed by atoms with Gasteiger partial charge in [0.05, 0.1) is 0 Å². The standard InChI is InChI=1S/C27H22F6O6S2/c1-2-3-4-7-17-10-13-21-19(16-17)12-15-23(39-41(36,37)27(31,32)33)25(21)24-20-9-6-5-8-18(20)11-14-22(24)38-40(34,35)26(28,29)30/h5-6,8-16H,2-4,7H2,1H3.